The quantitative estimate of drug-likeness (QED) is 0.769. The van der Waals surface area contributed by atoms with Crippen LogP contribution in [0.15, 0.2) is 6.07 Å². The summed E-state index contributed by atoms with van der Waals surface area (Å²) in [7, 11) is 0. The third kappa shape index (κ3) is 3.59. The summed E-state index contributed by atoms with van der Waals surface area (Å²) >= 11 is 6.06. The summed E-state index contributed by atoms with van der Waals surface area (Å²) in [6, 6.07) is 1.84. The Morgan fingerprint density at radius 1 is 1.26 bits per heavy atom. The summed E-state index contributed by atoms with van der Waals surface area (Å²) in [6.45, 7) is 3.18. The predicted molar refractivity (Wildman–Crippen MR) is 78.5 cm³/mol. The highest BCUT2D eigenvalue weighted by atomic mass is 35.5. The zero-order valence-electron chi connectivity index (χ0n) is 11.5. The van der Waals surface area contributed by atoms with E-state index < -0.39 is 0 Å². The van der Waals surface area contributed by atoms with Gasteiger partial charge in [0.2, 0.25) is 0 Å². The van der Waals surface area contributed by atoms with Crippen LogP contribution >= 0.6 is 11.6 Å². The van der Waals surface area contributed by atoms with Crippen LogP contribution in [-0.2, 0) is 6.42 Å². The lowest BCUT2D eigenvalue weighted by molar-refractivity contribution is 0.427. The van der Waals surface area contributed by atoms with Gasteiger partial charge in [0.15, 0.2) is 0 Å². The van der Waals surface area contributed by atoms with Crippen LogP contribution < -0.4 is 5.32 Å². The lowest BCUT2D eigenvalue weighted by atomic mass is 9.98. The van der Waals surface area contributed by atoms with Crippen LogP contribution in [0, 0.1) is 17.8 Å². The Hall–Kier alpha value is -0.830. The van der Waals surface area contributed by atoms with E-state index in [2.05, 4.69) is 22.2 Å². The van der Waals surface area contributed by atoms with Crippen molar-refractivity contribution in [2.24, 2.45) is 17.8 Å². The lowest BCUT2D eigenvalue weighted by Crippen LogP contribution is -2.19. The smallest absolute Gasteiger partial charge is 0.134 e. The van der Waals surface area contributed by atoms with E-state index >= 15 is 0 Å². The van der Waals surface area contributed by atoms with Crippen LogP contribution in [0.3, 0.4) is 0 Å². The molecule has 0 bridgehead atoms. The average molecular weight is 280 g/mol. The number of aryl methyl sites for hydroxylation is 1. The Morgan fingerprint density at radius 2 is 1.95 bits per heavy atom. The molecule has 104 valence electrons. The van der Waals surface area contributed by atoms with Crippen LogP contribution in [0.1, 0.15) is 44.9 Å². The van der Waals surface area contributed by atoms with Crippen molar-refractivity contribution < 1.29 is 0 Å². The molecule has 2 fully saturated rings. The van der Waals surface area contributed by atoms with Crippen LogP contribution in [-0.4, -0.2) is 16.5 Å². The van der Waals surface area contributed by atoms with E-state index in [1.54, 1.807) is 0 Å². The summed E-state index contributed by atoms with van der Waals surface area (Å²) in [4.78, 5) is 8.81. The van der Waals surface area contributed by atoms with Crippen molar-refractivity contribution in [3.8, 4) is 0 Å². The number of hydrogen-bond donors (Lipinski definition) is 1. The first kappa shape index (κ1) is 13.2. The number of halogens is 1. The van der Waals surface area contributed by atoms with Gasteiger partial charge < -0.3 is 5.32 Å². The topological polar surface area (TPSA) is 37.8 Å². The van der Waals surface area contributed by atoms with E-state index in [-0.39, 0.29) is 0 Å². The monoisotopic (exact) mass is 279 g/mol. The molecule has 0 saturated heterocycles. The molecule has 0 aromatic carbocycles. The molecule has 1 aromatic heterocycles. The molecule has 1 aromatic rings. The molecular formula is C15H22ClN3. The van der Waals surface area contributed by atoms with E-state index in [1.807, 2.05) is 6.07 Å². The van der Waals surface area contributed by atoms with Crippen molar-refractivity contribution in [2.45, 2.75) is 45.4 Å². The highest BCUT2D eigenvalue weighted by Crippen LogP contribution is 2.49. The summed E-state index contributed by atoms with van der Waals surface area (Å²) in [5.41, 5.74) is 0. The van der Waals surface area contributed by atoms with Crippen molar-refractivity contribution in [3.63, 3.8) is 0 Å². The first-order valence-electron chi connectivity index (χ1n) is 7.53. The molecule has 3 rings (SSSR count). The molecule has 0 amide bonds. The van der Waals surface area contributed by atoms with Crippen LogP contribution in [0.25, 0.3) is 0 Å². The highest BCUT2D eigenvalue weighted by molar-refractivity contribution is 6.29. The molecule has 1 N–H and O–H groups in total. The van der Waals surface area contributed by atoms with Gasteiger partial charge in [-0.25, -0.2) is 9.97 Å². The van der Waals surface area contributed by atoms with E-state index in [1.165, 1.54) is 25.7 Å². The van der Waals surface area contributed by atoms with Crippen molar-refractivity contribution in [3.05, 3.63) is 17.0 Å². The zero-order chi connectivity index (χ0) is 13.2. The standard InChI is InChI=1S/C15H22ClN3/c1-2-3-14-18-13(16)8-15(19-14)17-9-12(10-4-5-10)11-6-7-11/h8,10-12H,2-7,9H2,1H3,(H,17,18,19). The Morgan fingerprint density at radius 3 is 2.53 bits per heavy atom. The molecule has 2 saturated carbocycles. The highest BCUT2D eigenvalue weighted by Gasteiger charge is 2.41. The fourth-order valence-corrected chi connectivity index (χ4v) is 3.08. The van der Waals surface area contributed by atoms with Gasteiger partial charge in [-0.05, 0) is 49.9 Å². The molecule has 1 heterocycles. The fraction of sp³-hybridized carbons (Fsp3) is 0.733. The largest absolute Gasteiger partial charge is 0.370 e. The summed E-state index contributed by atoms with van der Waals surface area (Å²) in [5.74, 6) is 4.53. The summed E-state index contributed by atoms with van der Waals surface area (Å²) in [6.07, 6.45) is 7.64. The van der Waals surface area contributed by atoms with Gasteiger partial charge in [0.25, 0.3) is 0 Å². The maximum Gasteiger partial charge on any atom is 0.134 e. The molecule has 2 aliphatic carbocycles. The number of nitrogens with one attached hydrogen (secondary N) is 1. The molecule has 4 heteroatoms. The molecule has 0 radical (unpaired) electrons. The number of aromatic nitrogens is 2. The van der Waals surface area contributed by atoms with Gasteiger partial charge in [0.05, 0.1) is 0 Å². The minimum Gasteiger partial charge on any atom is -0.370 e. The minimum absolute atomic E-state index is 0.551. The third-order valence-electron chi connectivity index (χ3n) is 4.19. The molecule has 19 heavy (non-hydrogen) atoms. The summed E-state index contributed by atoms with van der Waals surface area (Å²) < 4.78 is 0. The van der Waals surface area contributed by atoms with Crippen molar-refractivity contribution in [2.75, 3.05) is 11.9 Å². The molecule has 0 atom stereocenters. The maximum atomic E-state index is 6.06. The molecule has 0 unspecified atom stereocenters. The molecule has 3 nitrogen and oxygen atoms in total. The van der Waals surface area contributed by atoms with Gasteiger partial charge in [-0.3, -0.25) is 0 Å². The third-order valence-corrected chi connectivity index (χ3v) is 4.38. The van der Waals surface area contributed by atoms with E-state index in [0.717, 1.165) is 48.8 Å². The first-order valence-corrected chi connectivity index (χ1v) is 7.91. The first-order chi connectivity index (χ1) is 9.26. The fourth-order valence-electron chi connectivity index (χ4n) is 2.88. The maximum absolute atomic E-state index is 6.06. The average Bonchev–Trinajstić information content (AvgIpc) is 3.24. The molecule has 0 aliphatic heterocycles. The van der Waals surface area contributed by atoms with Crippen molar-refractivity contribution in [1.82, 2.24) is 9.97 Å². The molecule has 0 spiro atoms. The zero-order valence-corrected chi connectivity index (χ0v) is 12.3. The molecule has 2 aliphatic rings. The number of anilines is 1. The van der Waals surface area contributed by atoms with Crippen molar-refractivity contribution in [1.29, 1.82) is 0 Å². The Balaban J connectivity index is 1.61. The Kier molecular flexibility index (Phi) is 3.92. The van der Waals surface area contributed by atoms with Gasteiger partial charge in [-0.2, -0.15) is 0 Å². The second-order valence-electron chi connectivity index (χ2n) is 5.96. The van der Waals surface area contributed by atoms with Crippen LogP contribution in [0.4, 0.5) is 5.82 Å². The second-order valence-corrected chi connectivity index (χ2v) is 6.35. The molecular weight excluding hydrogens is 258 g/mol. The van der Waals surface area contributed by atoms with Gasteiger partial charge in [-0.15, -0.1) is 0 Å². The van der Waals surface area contributed by atoms with E-state index in [0.29, 0.717) is 5.15 Å². The van der Waals surface area contributed by atoms with Gasteiger partial charge in [0.1, 0.15) is 16.8 Å². The van der Waals surface area contributed by atoms with E-state index in [9.17, 15) is 0 Å². The second kappa shape index (κ2) is 5.66. The van der Waals surface area contributed by atoms with Gasteiger partial charge in [-0.1, -0.05) is 18.5 Å². The van der Waals surface area contributed by atoms with Crippen LogP contribution in [0.2, 0.25) is 5.15 Å². The normalized spacial score (nSPS) is 18.9. The minimum atomic E-state index is 0.551. The predicted octanol–water partition coefficient (Wildman–Crippen LogP) is 3.93. The van der Waals surface area contributed by atoms with Crippen LogP contribution in [0.5, 0.6) is 0 Å². The lowest BCUT2D eigenvalue weighted by Gasteiger charge is -2.17. The number of rotatable bonds is 7. The Labute approximate surface area is 120 Å². The van der Waals surface area contributed by atoms with Gasteiger partial charge in [0, 0.05) is 19.0 Å². The number of nitrogens with zero attached hydrogens (tertiary/aromatic N) is 2. The SMILES string of the molecule is CCCc1nc(Cl)cc(NCC(C2CC2)C2CC2)n1. The van der Waals surface area contributed by atoms with Gasteiger partial charge >= 0.3 is 0 Å². The summed E-state index contributed by atoms with van der Waals surface area (Å²) in [5, 5.41) is 4.04. The number of hydrogen-bond acceptors (Lipinski definition) is 3. The Bertz CT molecular complexity index is 429. The van der Waals surface area contributed by atoms with Crippen molar-refractivity contribution >= 4 is 17.4 Å². The van der Waals surface area contributed by atoms with E-state index in [4.69, 9.17) is 11.6 Å².